The van der Waals surface area contributed by atoms with Gasteiger partial charge in [-0.25, -0.2) is 13.1 Å². The lowest BCUT2D eigenvalue weighted by Gasteiger charge is -2.12. The molecule has 1 aromatic heterocycles. The number of fused-ring (bicyclic) bond motifs is 1. The molecular formula is C13H14N2O4S. The zero-order valence-corrected chi connectivity index (χ0v) is 11.5. The molecule has 0 bridgehead atoms. The molecule has 106 valence electrons. The van der Waals surface area contributed by atoms with E-state index in [0.29, 0.717) is 24.1 Å². The Hall–Kier alpha value is -1.54. The van der Waals surface area contributed by atoms with Gasteiger partial charge in [0.2, 0.25) is 10.0 Å². The first-order chi connectivity index (χ1) is 9.67. The highest BCUT2D eigenvalue weighted by Gasteiger charge is 2.22. The summed E-state index contributed by atoms with van der Waals surface area (Å²) in [6, 6.07) is 8.46. The summed E-state index contributed by atoms with van der Waals surface area (Å²) in [6.45, 7) is 1.08. The zero-order valence-electron chi connectivity index (χ0n) is 10.7. The molecule has 0 unspecified atom stereocenters. The van der Waals surface area contributed by atoms with Crippen molar-refractivity contribution in [2.75, 3.05) is 19.8 Å². The van der Waals surface area contributed by atoms with Crippen molar-refractivity contribution in [1.82, 2.24) is 9.71 Å². The number of hydrogen-bond acceptors (Lipinski definition) is 5. The molecule has 0 spiro atoms. The van der Waals surface area contributed by atoms with Gasteiger partial charge in [0, 0.05) is 11.6 Å². The molecule has 2 heterocycles. The van der Waals surface area contributed by atoms with Crippen LogP contribution < -0.4 is 4.72 Å². The molecular weight excluding hydrogens is 280 g/mol. The molecule has 0 radical (unpaired) electrons. The van der Waals surface area contributed by atoms with Crippen LogP contribution in [0.4, 0.5) is 0 Å². The van der Waals surface area contributed by atoms with E-state index < -0.39 is 16.3 Å². The Labute approximate surface area is 116 Å². The predicted octanol–water partition coefficient (Wildman–Crippen LogP) is 0.886. The number of benzene rings is 1. The van der Waals surface area contributed by atoms with Gasteiger partial charge in [-0.1, -0.05) is 6.07 Å². The van der Waals surface area contributed by atoms with Crippen molar-refractivity contribution in [3.05, 3.63) is 36.5 Å². The van der Waals surface area contributed by atoms with Crippen molar-refractivity contribution in [2.24, 2.45) is 0 Å². The quantitative estimate of drug-likeness (QED) is 0.906. The summed E-state index contributed by atoms with van der Waals surface area (Å²) in [4.78, 5) is 4.36. The molecule has 1 N–H and O–H groups in total. The van der Waals surface area contributed by atoms with Gasteiger partial charge in [-0.2, -0.15) is 0 Å². The largest absolute Gasteiger partial charge is 0.349 e. The van der Waals surface area contributed by atoms with Crippen molar-refractivity contribution in [3.8, 4) is 0 Å². The molecule has 1 aromatic carbocycles. The van der Waals surface area contributed by atoms with Crippen LogP contribution in [-0.2, 0) is 19.5 Å². The van der Waals surface area contributed by atoms with Crippen LogP contribution >= 0.6 is 0 Å². The van der Waals surface area contributed by atoms with Crippen LogP contribution in [0.25, 0.3) is 10.9 Å². The third kappa shape index (κ3) is 2.66. The number of nitrogens with zero attached hydrogens (tertiary/aromatic N) is 1. The molecule has 0 saturated carbocycles. The standard InChI is InChI=1S/C13H14N2O4S/c16-20(17,15-9-13-18-7-8-19-13)12-5-1-4-11-10(12)3-2-6-14-11/h1-6,13,15H,7-9H2. The molecule has 1 saturated heterocycles. The van der Waals surface area contributed by atoms with E-state index in [2.05, 4.69) is 9.71 Å². The average Bonchev–Trinajstić information content (AvgIpc) is 2.98. The molecule has 0 amide bonds. The molecule has 20 heavy (non-hydrogen) atoms. The van der Waals surface area contributed by atoms with Crippen LogP contribution in [0.1, 0.15) is 0 Å². The van der Waals surface area contributed by atoms with Crippen molar-refractivity contribution in [2.45, 2.75) is 11.2 Å². The van der Waals surface area contributed by atoms with E-state index in [9.17, 15) is 8.42 Å². The average molecular weight is 294 g/mol. The van der Waals surface area contributed by atoms with Gasteiger partial charge in [-0.05, 0) is 24.3 Å². The number of aromatic nitrogens is 1. The second kappa shape index (κ2) is 5.45. The van der Waals surface area contributed by atoms with E-state index in [0.717, 1.165) is 0 Å². The maximum atomic E-state index is 12.4. The summed E-state index contributed by atoms with van der Waals surface area (Å²) < 4.78 is 37.6. The molecule has 2 aromatic rings. The highest BCUT2D eigenvalue weighted by atomic mass is 32.2. The van der Waals surface area contributed by atoms with Crippen molar-refractivity contribution in [3.63, 3.8) is 0 Å². The van der Waals surface area contributed by atoms with Gasteiger partial charge in [0.1, 0.15) is 0 Å². The van der Waals surface area contributed by atoms with Crippen LogP contribution in [-0.4, -0.2) is 39.5 Å². The third-order valence-corrected chi connectivity index (χ3v) is 4.51. The van der Waals surface area contributed by atoms with Gasteiger partial charge in [0.05, 0.1) is 30.2 Å². The molecule has 0 atom stereocenters. The smallest absolute Gasteiger partial charge is 0.241 e. The van der Waals surface area contributed by atoms with E-state index in [1.807, 2.05) is 0 Å². The first-order valence-electron chi connectivity index (χ1n) is 6.23. The van der Waals surface area contributed by atoms with Crippen molar-refractivity contribution in [1.29, 1.82) is 0 Å². The van der Waals surface area contributed by atoms with Gasteiger partial charge >= 0.3 is 0 Å². The van der Waals surface area contributed by atoms with Crippen LogP contribution in [0.15, 0.2) is 41.4 Å². The summed E-state index contributed by atoms with van der Waals surface area (Å²) in [5.41, 5.74) is 0.642. The van der Waals surface area contributed by atoms with Gasteiger partial charge in [-0.15, -0.1) is 0 Å². The van der Waals surface area contributed by atoms with Crippen LogP contribution in [0.3, 0.4) is 0 Å². The maximum Gasteiger partial charge on any atom is 0.241 e. The predicted molar refractivity (Wildman–Crippen MR) is 72.6 cm³/mol. The maximum absolute atomic E-state index is 12.4. The Balaban J connectivity index is 1.88. The second-order valence-corrected chi connectivity index (χ2v) is 6.08. The number of pyridine rings is 1. The summed E-state index contributed by atoms with van der Waals surface area (Å²) >= 11 is 0. The first kappa shape index (κ1) is 13.4. The highest BCUT2D eigenvalue weighted by Crippen LogP contribution is 2.21. The van der Waals surface area contributed by atoms with Gasteiger partial charge in [0.15, 0.2) is 6.29 Å². The fourth-order valence-corrected chi connectivity index (χ4v) is 3.32. The lowest BCUT2D eigenvalue weighted by Crippen LogP contribution is -2.32. The second-order valence-electron chi connectivity index (χ2n) is 4.35. The minimum atomic E-state index is -3.62. The topological polar surface area (TPSA) is 77.5 Å². The molecule has 1 fully saturated rings. The Morgan fingerprint density at radius 1 is 1.20 bits per heavy atom. The monoisotopic (exact) mass is 294 g/mol. The number of nitrogens with one attached hydrogen (secondary N) is 1. The number of hydrogen-bond donors (Lipinski definition) is 1. The Morgan fingerprint density at radius 3 is 2.80 bits per heavy atom. The summed E-state index contributed by atoms with van der Waals surface area (Å²) in [5.74, 6) is 0. The zero-order chi connectivity index (χ0) is 14.0. The molecule has 7 heteroatoms. The number of sulfonamides is 1. The molecule has 1 aliphatic heterocycles. The summed E-state index contributed by atoms with van der Waals surface area (Å²) in [6.07, 6.45) is 1.12. The first-order valence-corrected chi connectivity index (χ1v) is 7.72. The minimum Gasteiger partial charge on any atom is -0.349 e. The van der Waals surface area contributed by atoms with Crippen LogP contribution in [0.5, 0.6) is 0 Å². The third-order valence-electron chi connectivity index (χ3n) is 3.03. The molecule has 0 aliphatic carbocycles. The Bertz CT molecular complexity index is 706. The van der Waals surface area contributed by atoms with Gasteiger partial charge in [0.25, 0.3) is 0 Å². The van der Waals surface area contributed by atoms with Crippen molar-refractivity contribution < 1.29 is 17.9 Å². The number of ether oxygens (including phenoxy) is 2. The normalized spacial score (nSPS) is 16.8. The fourth-order valence-electron chi connectivity index (χ4n) is 2.09. The summed E-state index contributed by atoms with van der Waals surface area (Å²) in [7, 11) is -3.62. The van der Waals surface area contributed by atoms with E-state index in [-0.39, 0.29) is 11.4 Å². The number of rotatable bonds is 4. The summed E-state index contributed by atoms with van der Waals surface area (Å²) in [5, 5.41) is 0.593. The Morgan fingerprint density at radius 2 is 2.00 bits per heavy atom. The molecule has 3 rings (SSSR count). The minimum absolute atomic E-state index is 0.0962. The van der Waals surface area contributed by atoms with Gasteiger partial charge < -0.3 is 9.47 Å². The Kier molecular flexibility index (Phi) is 3.66. The SMILES string of the molecule is O=S(=O)(NCC1OCCO1)c1cccc2ncccc12. The lowest BCUT2D eigenvalue weighted by atomic mass is 10.2. The van der Waals surface area contributed by atoms with Crippen LogP contribution in [0, 0.1) is 0 Å². The van der Waals surface area contributed by atoms with Crippen molar-refractivity contribution >= 4 is 20.9 Å². The van der Waals surface area contributed by atoms with Crippen LogP contribution in [0.2, 0.25) is 0 Å². The van der Waals surface area contributed by atoms with E-state index in [1.165, 1.54) is 0 Å². The van der Waals surface area contributed by atoms with E-state index >= 15 is 0 Å². The van der Waals surface area contributed by atoms with E-state index in [1.54, 1.807) is 36.5 Å². The highest BCUT2D eigenvalue weighted by molar-refractivity contribution is 7.89. The molecule has 6 nitrogen and oxygen atoms in total. The van der Waals surface area contributed by atoms with E-state index in [4.69, 9.17) is 9.47 Å². The molecule has 1 aliphatic rings. The lowest BCUT2D eigenvalue weighted by molar-refractivity contribution is -0.0355. The fraction of sp³-hybridized carbons (Fsp3) is 0.308. The van der Waals surface area contributed by atoms with Gasteiger partial charge in [-0.3, -0.25) is 4.98 Å².